The zero-order valence-corrected chi connectivity index (χ0v) is 14.8. The van der Waals surface area contributed by atoms with Crippen molar-refractivity contribution in [2.45, 2.75) is 38.3 Å². The van der Waals surface area contributed by atoms with Crippen molar-refractivity contribution in [2.24, 2.45) is 5.92 Å². The predicted octanol–water partition coefficient (Wildman–Crippen LogP) is 3.86. The number of methoxy groups -OCH3 is 1. The van der Waals surface area contributed by atoms with Gasteiger partial charge >= 0.3 is 0 Å². The molecule has 2 N–H and O–H groups in total. The van der Waals surface area contributed by atoms with E-state index in [1.54, 1.807) is 7.11 Å². The topological polar surface area (TPSA) is 41.5 Å². The van der Waals surface area contributed by atoms with Gasteiger partial charge in [-0.2, -0.15) is 0 Å². The minimum atomic E-state index is -0.0974. The van der Waals surface area contributed by atoms with Crippen LogP contribution in [0.5, 0.6) is 5.75 Å². The van der Waals surface area contributed by atoms with Gasteiger partial charge in [-0.15, -0.1) is 0 Å². The maximum Gasteiger partial charge on any atom is 0.147 e. The van der Waals surface area contributed by atoms with E-state index in [0.29, 0.717) is 5.92 Å². The molecule has 0 saturated heterocycles. The van der Waals surface area contributed by atoms with E-state index in [-0.39, 0.29) is 6.10 Å². The summed E-state index contributed by atoms with van der Waals surface area (Å²) in [7, 11) is 1.66. The van der Waals surface area contributed by atoms with E-state index in [4.69, 9.17) is 4.74 Å². The molecule has 0 aromatic heterocycles. The highest BCUT2D eigenvalue weighted by Crippen LogP contribution is 2.34. The summed E-state index contributed by atoms with van der Waals surface area (Å²) in [4.78, 5) is 0. The molecule has 1 aromatic carbocycles. The summed E-state index contributed by atoms with van der Waals surface area (Å²) in [5.41, 5.74) is 1.21. The SMILES string of the molecule is COc1c(Br)cc(CNCC2CCCC(O)C2)cc1Br. The standard InChI is InChI=1S/C15H21Br2NO2/c1-20-15-13(16)6-11(7-14(15)17)9-18-8-10-3-2-4-12(19)5-10/h6-7,10,12,18-19H,2-5,8-9H2,1H3. The van der Waals surface area contributed by atoms with Crippen molar-refractivity contribution in [2.75, 3.05) is 13.7 Å². The van der Waals surface area contributed by atoms with Gasteiger partial charge in [-0.25, -0.2) is 0 Å². The Morgan fingerprint density at radius 2 is 2.00 bits per heavy atom. The maximum absolute atomic E-state index is 9.67. The summed E-state index contributed by atoms with van der Waals surface area (Å²) in [6.07, 6.45) is 4.17. The molecule has 1 aliphatic rings. The molecule has 2 rings (SSSR count). The summed E-state index contributed by atoms with van der Waals surface area (Å²) in [6.45, 7) is 1.80. The Bertz CT molecular complexity index is 430. The lowest BCUT2D eigenvalue weighted by molar-refractivity contribution is 0.101. The molecule has 0 bridgehead atoms. The largest absolute Gasteiger partial charge is 0.494 e. The molecular weight excluding hydrogens is 386 g/mol. The monoisotopic (exact) mass is 405 g/mol. The van der Waals surface area contributed by atoms with Gasteiger partial charge in [-0.05, 0) is 81.3 Å². The van der Waals surface area contributed by atoms with Gasteiger partial charge in [0.1, 0.15) is 5.75 Å². The van der Waals surface area contributed by atoms with Crippen LogP contribution in [0.15, 0.2) is 21.1 Å². The van der Waals surface area contributed by atoms with Crippen LogP contribution in [0.3, 0.4) is 0 Å². The molecule has 2 unspecified atom stereocenters. The van der Waals surface area contributed by atoms with Crippen LogP contribution in [-0.4, -0.2) is 24.9 Å². The van der Waals surface area contributed by atoms with Crippen LogP contribution in [-0.2, 0) is 6.54 Å². The Balaban J connectivity index is 1.85. The van der Waals surface area contributed by atoms with Crippen molar-refractivity contribution in [3.63, 3.8) is 0 Å². The summed E-state index contributed by atoms with van der Waals surface area (Å²) in [5.74, 6) is 1.42. The second kappa shape index (κ2) is 7.78. The molecule has 1 aliphatic carbocycles. The van der Waals surface area contributed by atoms with Crippen molar-refractivity contribution >= 4 is 31.9 Å². The number of hydrogen-bond acceptors (Lipinski definition) is 3. The lowest BCUT2D eigenvalue weighted by atomic mass is 9.87. The quantitative estimate of drug-likeness (QED) is 0.779. The van der Waals surface area contributed by atoms with E-state index in [1.165, 1.54) is 12.0 Å². The van der Waals surface area contributed by atoms with Gasteiger partial charge < -0.3 is 15.2 Å². The Labute approximate surface area is 137 Å². The van der Waals surface area contributed by atoms with Crippen molar-refractivity contribution < 1.29 is 9.84 Å². The fourth-order valence-corrected chi connectivity index (χ4v) is 4.38. The first-order valence-electron chi connectivity index (χ1n) is 7.01. The van der Waals surface area contributed by atoms with E-state index in [1.807, 2.05) is 0 Å². The molecule has 112 valence electrons. The predicted molar refractivity (Wildman–Crippen MR) is 88.1 cm³/mol. The maximum atomic E-state index is 9.67. The third kappa shape index (κ3) is 4.45. The summed E-state index contributed by atoms with van der Waals surface area (Å²) in [6, 6.07) is 4.15. The molecule has 0 heterocycles. The smallest absolute Gasteiger partial charge is 0.147 e. The Kier molecular flexibility index (Phi) is 6.33. The molecule has 20 heavy (non-hydrogen) atoms. The summed E-state index contributed by atoms with van der Waals surface area (Å²) in [5, 5.41) is 13.2. The zero-order valence-electron chi connectivity index (χ0n) is 11.7. The van der Waals surface area contributed by atoms with Crippen molar-refractivity contribution in [3.8, 4) is 5.75 Å². The molecule has 1 fully saturated rings. The average molecular weight is 407 g/mol. The van der Waals surface area contributed by atoms with Crippen molar-refractivity contribution in [1.82, 2.24) is 5.32 Å². The average Bonchev–Trinajstić information content (AvgIpc) is 2.38. The Hall–Kier alpha value is -0.100. The third-order valence-electron chi connectivity index (χ3n) is 3.78. The Morgan fingerprint density at radius 3 is 2.60 bits per heavy atom. The van der Waals surface area contributed by atoms with Crippen LogP contribution in [0.4, 0.5) is 0 Å². The van der Waals surface area contributed by atoms with Gasteiger partial charge in [0, 0.05) is 6.54 Å². The summed E-state index contributed by atoms with van der Waals surface area (Å²) >= 11 is 7.04. The van der Waals surface area contributed by atoms with Crippen LogP contribution in [0.1, 0.15) is 31.2 Å². The highest BCUT2D eigenvalue weighted by molar-refractivity contribution is 9.11. The number of ether oxygens (including phenoxy) is 1. The van der Waals surface area contributed by atoms with E-state index in [2.05, 4.69) is 49.3 Å². The fourth-order valence-electron chi connectivity index (χ4n) is 2.78. The van der Waals surface area contributed by atoms with Gasteiger partial charge in [0.15, 0.2) is 0 Å². The second-order valence-electron chi connectivity index (χ2n) is 5.41. The third-order valence-corrected chi connectivity index (χ3v) is 4.96. The number of nitrogens with one attached hydrogen (secondary N) is 1. The molecule has 0 radical (unpaired) electrons. The van der Waals surface area contributed by atoms with Crippen LogP contribution in [0.25, 0.3) is 0 Å². The van der Waals surface area contributed by atoms with Gasteiger partial charge in [0.2, 0.25) is 0 Å². The molecule has 3 nitrogen and oxygen atoms in total. The number of rotatable bonds is 5. The van der Waals surface area contributed by atoms with Crippen LogP contribution in [0.2, 0.25) is 0 Å². The summed E-state index contributed by atoms with van der Waals surface area (Å²) < 4.78 is 7.22. The van der Waals surface area contributed by atoms with E-state index in [9.17, 15) is 5.11 Å². The van der Waals surface area contributed by atoms with Gasteiger partial charge in [-0.1, -0.05) is 6.42 Å². The second-order valence-corrected chi connectivity index (χ2v) is 7.12. The lowest BCUT2D eigenvalue weighted by Crippen LogP contribution is -2.28. The zero-order chi connectivity index (χ0) is 14.5. The highest BCUT2D eigenvalue weighted by Gasteiger charge is 2.19. The number of aliphatic hydroxyl groups is 1. The molecule has 5 heteroatoms. The fraction of sp³-hybridized carbons (Fsp3) is 0.600. The molecule has 0 amide bonds. The highest BCUT2D eigenvalue weighted by atomic mass is 79.9. The van der Waals surface area contributed by atoms with Gasteiger partial charge in [0.25, 0.3) is 0 Å². The molecule has 1 aromatic rings. The molecule has 0 aliphatic heterocycles. The minimum absolute atomic E-state index is 0.0974. The first-order valence-corrected chi connectivity index (χ1v) is 8.59. The Morgan fingerprint density at radius 1 is 1.30 bits per heavy atom. The van der Waals surface area contributed by atoms with Crippen LogP contribution < -0.4 is 10.1 Å². The van der Waals surface area contributed by atoms with Crippen molar-refractivity contribution in [1.29, 1.82) is 0 Å². The van der Waals surface area contributed by atoms with E-state index < -0.39 is 0 Å². The number of aliphatic hydroxyl groups excluding tert-OH is 1. The van der Waals surface area contributed by atoms with Gasteiger partial charge in [0.05, 0.1) is 22.2 Å². The number of halogens is 2. The van der Waals surface area contributed by atoms with E-state index in [0.717, 1.165) is 47.0 Å². The molecular formula is C15H21Br2NO2. The first kappa shape index (κ1) is 16.3. The van der Waals surface area contributed by atoms with Crippen LogP contribution >= 0.6 is 31.9 Å². The number of hydrogen-bond donors (Lipinski definition) is 2. The van der Waals surface area contributed by atoms with E-state index >= 15 is 0 Å². The number of benzene rings is 1. The normalized spacial score (nSPS) is 22.8. The minimum Gasteiger partial charge on any atom is -0.494 e. The first-order chi connectivity index (χ1) is 9.60. The van der Waals surface area contributed by atoms with Crippen LogP contribution in [0, 0.1) is 5.92 Å². The lowest BCUT2D eigenvalue weighted by Gasteiger charge is -2.26. The van der Waals surface area contributed by atoms with Crippen molar-refractivity contribution in [3.05, 3.63) is 26.6 Å². The van der Waals surface area contributed by atoms with Gasteiger partial charge in [-0.3, -0.25) is 0 Å². The molecule has 1 saturated carbocycles. The molecule has 0 spiro atoms. The molecule has 2 atom stereocenters.